The first kappa shape index (κ1) is 11.6. The maximum Gasteiger partial charge on any atom is 0.165 e. The van der Waals surface area contributed by atoms with Crippen molar-refractivity contribution in [2.45, 2.75) is 6.54 Å². The second-order valence-corrected chi connectivity index (χ2v) is 3.70. The topological polar surface area (TPSA) is 39.1 Å². The van der Waals surface area contributed by atoms with Gasteiger partial charge < -0.3 is 10.1 Å². The van der Waals surface area contributed by atoms with Crippen LogP contribution in [0, 0.1) is 5.82 Å². The minimum Gasteiger partial charge on any atom is -0.454 e. The molecular formula is C12H14FN3O. The van der Waals surface area contributed by atoms with E-state index in [2.05, 4.69) is 10.4 Å². The summed E-state index contributed by atoms with van der Waals surface area (Å²) >= 11 is 0. The van der Waals surface area contributed by atoms with Gasteiger partial charge in [-0.15, -0.1) is 0 Å². The lowest BCUT2D eigenvalue weighted by molar-refractivity contribution is 0.463. The number of rotatable bonds is 4. The third kappa shape index (κ3) is 2.62. The van der Waals surface area contributed by atoms with Crippen LogP contribution in [0.5, 0.6) is 11.5 Å². The molecule has 17 heavy (non-hydrogen) atoms. The van der Waals surface area contributed by atoms with Gasteiger partial charge in [-0.1, -0.05) is 6.07 Å². The molecule has 0 saturated carbocycles. The Morgan fingerprint density at radius 3 is 2.94 bits per heavy atom. The first-order valence-electron chi connectivity index (χ1n) is 5.29. The third-order valence-corrected chi connectivity index (χ3v) is 2.34. The van der Waals surface area contributed by atoms with E-state index in [0.717, 1.165) is 0 Å². The third-order valence-electron chi connectivity index (χ3n) is 2.34. The second-order valence-electron chi connectivity index (χ2n) is 3.70. The minimum absolute atomic E-state index is 0.277. The fourth-order valence-corrected chi connectivity index (χ4v) is 1.56. The summed E-state index contributed by atoms with van der Waals surface area (Å²) in [6, 6.07) is 4.78. The van der Waals surface area contributed by atoms with Crippen LogP contribution in [0.1, 0.15) is 5.56 Å². The van der Waals surface area contributed by atoms with Gasteiger partial charge in [-0.3, -0.25) is 4.68 Å². The van der Waals surface area contributed by atoms with Gasteiger partial charge in [0.15, 0.2) is 5.75 Å². The number of hydrogen-bond acceptors (Lipinski definition) is 3. The SMILES string of the molecule is CNCc1c(F)cccc1Oc1cnn(C)c1. The molecule has 0 amide bonds. The van der Waals surface area contributed by atoms with Crippen molar-refractivity contribution in [1.82, 2.24) is 15.1 Å². The summed E-state index contributed by atoms with van der Waals surface area (Å²) in [5.74, 6) is 0.823. The molecule has 2 rings (SSSR count). The van der Waals surface area contributed by atoms with Crippen molar-refractivity contribution < 1.29 is 9.13 Å². The average molecular weight is 235 g/mol. The van der Waals surface area contributed by atoms with E-state index in [1.807, 2.05) is 0 Å². The van der Waals surface area contributed by atoms with Crippen LogP contribution < -0.4 is 10.1 Å². The molecule has 0 bridgehead atoms. The Morgan fingerprint density at radius 2 is 2.29 bits per heavy atom. The summed E-state index contributed by atoms with van der Waals surface area (Å²) in [6.07, 6.45) is 3.32. The maximum absolute atomic E-state index is 13.6. The predicted molar refractivity (Wildman–Crippen MR) is 62.4 cm³/mol. The number of hydrogen-bond donors (Lipinski definition) is 1. The zero-order valence-electron chi connectivity index (χ0n) is 9.77. The van der Waals surface area contributed by atoms with E-state index in [9.17, 15) is 4.39 Å². The zero-order chi connectivity index (χ0) is 12.3. The van der Waals surface area contributed by atoms with Gasteiger partial charge in [0.2, 0.25) is 0 Å². The smallest absolute Gasteiger partial charge is 0.165 e. The van der Waals surface area contributed by atoms with Crippen molar-refractivity contribution in [2.75, 3.05) is 7.05 Å². The fraction of sp³-hybridized carbons (Fsp3) is 0.250. The molecule has 1 N–H and O–H groups in total. The Morgan fingerprint density at radius 1 is 1.47 bits per heavy atom. The molecule has 0 fully saturated rings. The van der Waals surface area contributed by atoms with Crippen LogP contribution in [0.3, 0.4) is 0 Å². The van der Waals surface area contributed by atoms with Crippen LogP contribution in [0.4, 0.5) is 4.39 Å². The molecule has 5 heteroatoms. The summed E-state index contributed by atoms with van der Waals surface area (Å²) in [5, 5.41) is 6.91. The van der Waals surface area contributed by atoms with Crippen molar-refractivity contribution >= 4 is 0 Å². The molecule has 0 aliphatic heterocycles. The first-order chi connectivity index (χ1) is 8.20. The van der Waals surface area contributed by atoms with Gasteiger partial charge >= 0.3 is 0 Å². The van der Waals surface area contributed by atoms with E-state index in [1.54, 1.807) is 43.3 Å². The van der Waals surface area contributed by atoms with Gasteiger partial charge in [0.25, 0.3) is 0 Å². The molecule has 0 aliphatic carbocycles. The number of halogens is 1. The summed E-state index contributed by atoms with van der Waals surface area (Å²) in [7, 11) is 3.56. The summed E-state index contributed by atoms with van der Waals surface area (Å²) in [5.41, 5.74) is 0.513. The van der Waals surface area contributed by atoms with Gasteiger partial charge in [-0.05, 0) is 19.2 Å². The van der Waals surface area contributed by atoms with Gasteiger partial charge in [-0.2, -0.15) is 5.10 Å². The standard InChI is InChI=1S/C12H14FN3O/c1-14-7-10-11(13)4-3-5-12(10)17-9-6-15-16(2)8-9/h3-6,8,14H,7H2,1-2H3. The van der Waals surface area contributed by atoms with E-state index >= 15 is 0 Å². The number of nitrogens with one attached hydrogen (secondary N) is 1. The first-order valence-corrected chi connectivity index (χ1v) is 5.29. The number of aryl methyl sites for hydroxylation is 1. The number of benzene rings is 1. The van der Waals surface area contributed by atoms with Crippen LogP contribution in [-0.2, 0) is 13.6 Å². The predicted octanol–water partition coefficient (Wildman–Crippen LogP) is 2.07. The lowest BCUT2D eigenvalue weighted by Crippen LogP contribution is -2.08. The van der Waals surface area contributed by atoms with Crippen LogP contribution in [-0.4, -0.2) is 16.8 Å². The molecule has 1 aromatic carbocycles. The minimum atomic E-state index is -0.277. The average Bonchev–Trinajstić information content (AvgIpc) is 2.69. The molecule has 0 radical (unpaired) electrons. The van der Waals surface area contributed by atoms with E-state index in [0.29, 0.717) is 23.6 Å². The van der Waals surface area contributed by atoms with Crippen LogP contribution >= 0.6 is 0 Å². The highest BCUT2D eigenvalue weighted by Gasteiger charge is 2.10. The Hall–Kier alpha value is -1.88. The van der Waals surface area contributed by atoms with Crippen molar-refractivity contribution in [3.63, 3.8) is 0 Å². The molecule has 0 aliphatic rings. The van der Waals surface area contributed by atoms with E-state index in [1.165, 1.54) is 6.07 Å². The van der Waals surface area contributed by atoms with Crippen molar-refractivity contribution in [2.24, 2.45) is 7.05 Å². The second kappa shape index (κ2) is 4.97. The summed E-state index contributed by atoms with van der Waals surface area (Å²) < 4.78 is 20.8. The monoisotopic (exact) mass is 235 g/mol. The van der Waals surface area contributed by atoms with Gasteiger partial charge in [-0.25, -0.2) is 4.39 Å². The Bertz CT molecular complexity index is 510. The van der Waals surface area contributed by atoms with Crippen molar-refractivity contribution in [3.8, 4) is 11.5 Å². The van der Waals surface area contributed by atoms with Gasteiger partial charge in [0.1, 0.15) is 11.6 Å². The highest BCUT2D eigenvalue weighted by molar-refractivity contribution is 5.37. The zero-order valence-corrected chi connectivity index (χ0v) is 9.77. The van der Waals surface area contributed by atoms with E-state index in [-0.39, 0.29) is 5.82 Å². The highest BCUT2D eigenvalue weighted by Crippen LogP contribution is 2.26. The van der Waals surface area contributed by atoms with E-state index < -0.39 is 0 Å². The summed E-state index contributed by atoms with van der Waals surface area (Å²) in [6.45, 7) is 0.419. The molecule has 0 saturated heterocycles. The molecule has 2 aromatic rings. The molecular weight excluding hydrogens is 221 g/mol. The molecule has 0 spiro atoms. The van der Waals surface area contributed by atoms with E-state index in [4.69, 9.17) is 4.74 Å². The van der Waals surface area contributed by atoms with Crippen LogP contribution in [0.15, 0.2) is 30.6 Å². The molecule has 0 atom stereocenters. The highest BCUT2D eigenvalue weighted by atomic mass is 19.1. The number of aromatic nitrogens is 2. The van der Waals surface area contributed by atoms with Crippen LogP contribution in [0.2, 0.25) is 0 Å². The van der Waals surface area contributed by atoms with Crippen LogP contribution in [0.25, 0.3) is 0 Å². The summed E-state index contributed by atoms with van der Waals surface area (Å²) in [4.78, 5) is 0. The van der Waals surface area contributed by atoms with Crippen molar-refractivity contribution in [1.29, 1.82) is 0 Å². The normalized spacial score (nSPS) is 10.5. The molecule has 1 aromatic heterocycles. The molecule has 90 valence electrons. The maximum atomic E-state index is 13.6. The number of nitrogens with zero attached hydrogens (tertiary/aromatic N) is 2. The molecule has 0 unspecified atom stereocenters. The Labute approximate surface area is 99.0 Å². The molecule has 4 nitrogen and oxygen atoms in total. The Kier molecular flexibility index (Phi) is 3.39. The van der Waals surface area contributed by atoms with Gasteiger partial charge in [0, 0.05) is 19.2 Å². The van der Waals surface area contributed by atoms with Crippen molar-refractivity contribution in [3.05, 3.63) is 42.0 Å². The number of ether oxygens (including phenoxy) is 1. The largest absolute Gasteiger partial charge is 0.454 e. The van der Waals surface area contributed by atoms with Gasteiger partial charge in [0.05, 0.1) is 12.4 Å². The quantitative estimate of drug-likeness (QED) is 0.881. The lowest BCUT2D eigenvalue weighted by atomic mass is 10.2. The molecule has 1 heterocycles. The lowest BCUT2D eigenvalue weighted by Gasteiger charge is -2.10. The Balaban J connectivity index is 2.28. The fourth-order valence-electron chi connectivity index (χ4n) is 1.56.